The molecule has 1 atom stereocenters. The van der Waals surface area contributed by atoms with Crippen LogP contribution in [0.15, 0.2) is 48.5 Å². The summed E-state index contributed by atoms with van der Waals surface area (Å²) in [4.78, 5) is 36.4. The van der Waals surface area contributed by atoms with Crippen molar-refractivity contribution in [2.24, 2.45) is 5.92 Å². The highest BCUT2D eigenvalue weighted by molar-refractivity contribution is 8.01. The third kappa shape index (κ3) is 6.64. The molecule has 1 saturated carbocycles. The zero-order chi connectivity index (χ0) is 20.8. The minimum absolute atomic E-state index is 0.0250. The molecule has 1 aliphatic rings. The van der Waals surface area contributed by atoms with Gasteiger partial charge in [-0.15, -0.1) is 11.8 Å². The lowest BCUT2D eigenvalue weighted by atomic mass is 10.2. The van der Waals surface area contributed by atoms with E-state index >= 15 is 0 Å². The fourth-order valence-corrected chi connectivity index (χ4v) is 3.30. The second kappa shape index (κ2) is 9.60. The largest absolute Gasteiger partial charge is 0.326 e. The normalized spacial score (nSPS) is 14.0. The van der Waals surface area contributed by atoms with Gasteiger partial charge in [0.1, 0.15) is 0 Å². The van der Waals surface area contributed by atoms with E-state index in [4.69, 9.17) is 0 Å². The van der Waals surface area contributed by atoms with Gasteiger partial charge in [-0.1, -0.05) is 23.8 Å². The first kappa shape index (κ1) is 20.9. The summed E-state index contributed by atoms with van der Waals surface area (Å²) in [6.07, 6.45) is 1.88. The Bertz CT molecular complexity index is 894. The average Bonchev–Trinajstić information content (AvgIpc) is 3.53. The molecule has 6 nitrogen and oxygen atoms in total. The Kier molecular flexibility index (Phi) is 6.93. The van der Waals surface area contributed by atoms with E-state index in [0.29, 0.717) is 11.4 Å². The topological polar surface area (TPSA) is 87.3 Å². The van der Waals surface area contributed by atoms with E-state index in [1.54, 1.807) is 31.2 Å². The van der Waals surface area contributed by atoms with Crippen LogP contribution in [-0.2, 0) is 14.4 Å². The highest BCUT2D eigenvalue weighted by atomic mass is 32.2. The lowest BCUT2D eigenvalue weighted by Crippen LogP contribution is -2.25. The Morgan fingerprint density at radius 1 is 0.966 bits per heavy atom. The van der Waals surface area contributed by atoms with Gasteiger partial charge in [0, 0.05) is 23.0 Å². The number of anilines is 3. The van der Waals surface area contributed by atoms with E-state index in [2.05, 4.69) is 16.0 Å². The molecule has 0 aromatic heterocycles. The maximum absolute atomic E-state index is 12.4. The van der Waals surface area contributed by atoms with Crippen molar-refractivity contribution in [2.45, 2.75) is 31.9 Å². The van der Waals surface area contributed by atoms with Crippen molar-refractivity contribution < 1.29 is 14.4 Å². The Balaban J connectivity index is 1.45. The van der Waals surface area contributed by atoms with Gasteiger partial charge in [-0.25, -0.2) is 0 Å². The third-order valence-electron chi connectivity index (χ3n) is 4.51. The van der Waals surface area contributed by atoms with Crippen LogP contribution in [0.1, 0.15) is 25.3 Å². The van der Waals surface area contributed by atoms with Crippen molar-refractivity contribution in [3.8, 4) is 0 Å². The molecule has 3 N–H and O–H groups in total. The Morgan fingerprint density at radius 3 is 2.28 bits per heavy atom. The molecule has 0 saturated heterocycles. The first-order chi connectivity index (χ1) is 13.9. The van der Waals surface area contributed by atoms with E-state index < -0.39 is 5.25 Å². The predicted octanol–water partition coefficient (Wildman–Crippen LogP) is 4.04. The molecule has 0 bridgehead atoms. The number of rotatable bonds is 8. The van der Waals surface area contributed by atoms with E-state index in [1.807, 2.05) is 31.2 Å². The summed E-state index contributed by atoms with van der Waals surface area (Å²) >= 11 is 1.27. The van der Waals surface area contributed by atoms with Gasteiger partial charge >= 0.3 is 0 Å². The SMILES string of the molecule is Cc1ccc(NC(=O)CSC(C)C(=O)Nc2cccc(NC(=O)C3CC3)c2)cc1. The molecule has 2 aromatic rings. The molecule has 1 unspecified atom stereocenters. The van der Waals surface area contributed by atoms with E-state index in [1.165, 1.54) is 11.8 Å². The molecule has 0 aliphatic heterocycles. The van der Waals surface area contributed by atoms with Gasteiger partial charge in [0.05, 0.1) is 11.0 Å². The summed E-state index contributed by atoms with van der Waals surface area (Å²) in [5.41, 5.74) is 3.14. The number of carbonyl (C=O) groups is 3. The monoisotopic (exact) mass is 411 g/mol. The molecule has 1 fully saturated rings. The number of hydrogen-bond acceptors (Lipinski definition) is 4. The molecule has 0 heterocycles. The molecule has 3 amide bonds. The molecule has 2 aromatic carbocycles. The molecule has 1 aliphatic carbocycles. The first-order valence-electron chi connectivity index (χ1n) is 9.60. The maximum atomic E-state index is 12.4. The number of benzene rings is 2. The van der Waals surface area contributed by atoms with Crippen LogP contribution in [-0.4, -0.2) is 28.7 Å². The molecule has 0 radical (unpaired) electrons. The Morgan fingerprint density at radius 2 is 1.62 bits per heavy atom. The fourth-order valence-electron chi connectivity index (χ4n) is 2.62. The van der Waals surface area contributed by atoms with Crippen molar-refractivity contribution in [3.05, 3.63) is 54.1 Å². The first-order valence-corrected chi connectivity index (χ1v) is 10.7. The molecule has 152 valence electrons. The summed E-state index contributed by atoms with van der Waals surface area (Å²) < 4.78 is 0. The van der Waals surface area contributed by atoms with Crippen LogP contribution in [0.4, 0.5) is 17.1 Å². The molecular weight excluding hydrogens is 386 g/mol. The average molecular weight is 412 g/mol. The Labute approximate surface area is 174 Å². The van der Waals surface area contributed by atoms with Crippen molar-refractivity contribution >= 4 is 46.5 Å². The summed E-state index contributed by atoms with van der Waals surface area (Å²) in [5.74, 6) is -0.0141. The standard InChI is InChI=1S/C22H25N3O3S/c1-14-6-10-17(11-7-14)23-20(26)13-29-15(2)21(27)24-18-4-3-5-19(12-18)25-22(28)16-8-9-16/h3-7,10-12,15-16H,8-9,13H2,1-2H3,(H,23,26)(H,24,27)(H,25,28). The van der Waals surface area contributed by atoms with Crippen molar-refractivity contribution in [1.29, 1.82) is 0 Å². The van der Waals surface area contributed by atoms with Crippen molar-refractivity contribution in [1.82, 2.24) is 0 Å². The summed E-state index contributed by atoms with van der Waals surface area (Å²) in [7, 11) is 0. The number of nitrogens with one attached hydrogen (secondary N) is 3. The van der Waals surface area contributed by atoms with Crippen LogP contribution >= 0.6 is 11.8 Å². The minimum Gasteiger partial charge on any atom is -0.326 e. The molecule has 7 heteroatoms. The highest BCUT2D eigenvalue weighted by Gasteiger charge is 2.29. The van der Waals surface area contributed by atoms with Crippen LogP contribution in [0.25, 0.3) is 0 Å². The van der Waals surface area contributed by atoms with Crippen LogP contribution in [0.5, 0.6) is 0 Å². The predicted molar refractivity (Wildman–Crippen MR) is 118 cm³/mol. The molecule has 3 rings (SSSR count). The zero-order valence-corrected chi connectivity index (χ0v) is 17.3. The second-order valence-corrected chi connectivity index (χ2v) is 8.53. The lowest BCUT2D eigenvalue weighted by Gasteiger charge is -2.13. The summed E-state index contributed by atoms with van der Waals surface area (Å²) in [6.45, 7) is 3.75. The van der Waals surface area contributed by atoms with Gasteiger partial charge in [-0.05, 0) is 57.0 Å². The van der Waals surface area contributed by atoms with Gasteiger partial charge in [-0.3, -0.25) is 14.4 Å². The van der Waals surface area contributed by atoms with Crippen LogP contribution < -0.4 is 16.0 Å². The van der Waals surface area contributed by atoms with Gasteiger partial charge in [0.2, 0.25) is 17.7 Å². The molecular formula is C22H25N3O3S. The van der Waals surface area contributed by atoms with Gasteiger partial charge in [-0.2, -0.15) is 0 Å². The van der Waals surface area contributed by atoms with E-state index in [9.17, 15) is 14.4 Å². The zero-order valence-electron chi connectivity index (χ0n) is 16.5. The summed E-state index contributed by atoms with van der Waals surface area (Å²) in [5, 5.41) is 8.12. The minimum atomic E-state index is -0.400. The van der Waals surface area contributed by atoms with Crippen LogP contribution in [0.3, 0.4) is 0 Å². The fraction of sp³-hybridized carbons (Fsp3) is 0.318. The number of carbonyl (C=O) groups excluding carboxylic acids is 3. The van der Waals surface area contributed by atoms with Crippen molar-refractivity contribution in [2.75, 3.05) is 21.7 Å². The molecule has 29 heavy (non-hydrogen) atoms. The number of aryl methyl sites for hydroxylation is 1. The maximum Gasteiger partial charge on any atom is 0.237 e. The number of amides is 3. The van der Waals surface area contributed by atoms with Gasteiger partial charge < -0.3 is 16.0 Å². The Hall–Kier alpha value is -2.80. The second-order valence-electron chi connectivity index (χ2n) is 7.20. The van der Waals surface area contributed by atoms with E-state index in [-0.39, 0.29) is 29.4 Å². The van der Waals surface area contributed by atoms with Crippen molar-refractivity contribution in [3.63, 3.8) is 0 Å². The van der Waals surface area contributed by atoms with E-state index in [0.717, 1.165) is 24.1 Å². The quantitative estimate of drug-likeness (QED) is 0.612. The smallest absolute Gasteiger partial charge is 0.237 e. The third-order valence-corrected chi connectivity index (χ3v) is 5.66. The lowest BCUT2D eigenvalue weighted by molar-refractivity contribution is -0.117. The number of hydrogen-bond donors (Lipinski definition) is 3. The van der Waals surface area contributed by atoms with Gasteiger partial charge in [0.15, 0.2) is 0 Å². The van der Waals surface area contributed by atoms with Crippen LogP contribution in [0, 0.1) is 12.8 Å². The summed E-state index contributed by atoms with van der Waals surface area (Å²) in [6, 6.07) is 14.6. The molecule has 0 spiro atoms. The number of thioether (sulfide) groups is 1. The van der Waals surface area contributed by atoms with Crippen LogP contribution in [0.2, 0.25) is 0 Å². The highest BCUT2D eigenvalue weighted by Crippen LogP contribution is 2.30. The van der Waals surface area contributed by atoms with Gasteiger partial charge in [0.25, 0.3) is 0 Å².